The van der Waals surface area contributed by atoms with E-state index >= 15 is 0 Å². The molecular weight excluding hydrogens is 435 g/mol. The van der Waals surface area contributed by atoms with E-state index in [1.54, 1.807) is 13.3 Å². The van der Waals surface area contributed by atoms with Gasteiger partial charge in [-0.1, -0.05) is 12.1 Å². The number of imidazole rings is 1. The highest BCUT2D eigenvalue weighted by Gasteiger charge is 2.29. The van der Waals surface area contributed by atoms with Crippen molar-refractivity contribution in [2.45, 2.75) is 32.5 Å². The molecule has 1 aromatic carbocycles. The number of halogens is 1. The molecule has 2 saturated heterocycles. The number of ether oxygens (including phenoxy) is 1. The van der Waals surface area contributed by atoms with Crippen LogP contribution in [0.3, 0.4) is 0 Å². The van der Waals surface area contributed by atoms with Crippen LogP contribution in [0.2, 0.25) is 0 Å². The molecule has 34 heavy (non-hydrogen) atoms. The molecule has 0 bridgehead atoms. The molecule has 4 heterocycles. The van der Waals surface area contributed by atoms with Crippen LogP contribution in [0.1, 0.15) is 20.3 Å². The molecule has 1 amide bonds. The quantitative estimate of drug-likeness (QED) is 0.557. The third-order valence-corrected chi connectivity index (χ3v) is 6.76. The number of hydrogen-bond acceptors (Lipinski definition) is 6. The Hall–Kier alpha value is -3.20. The van der Waals surface area contributed by atoms with Crippen molar-refractivity contribution < 1.29 is 13.9 Å². The highest BCUT2D eigenvalue weighted by molar-refractivity contribution is 5.84. The van der Waals surface area contributed by atoms with E-state index in [0.29, 0.717) is 30.9 Å². The van der Waals surface area contributed by atoms with Gasteiger partial charge < -0.3 is 19.9 Å². The first-order valence-corrected chi connectivity index (χ1v) is 12.0. The van der Waals surface area contributed by atoms with Gasteiger partial charge in [0.25, 0.3) is 0 Å². The normalized spacial score (nSPS) is 21.0. The van der Waals surface area contributed by atoms with Crippen LogP contribution in [0.25, 0.3) is 22.3 Å². The van der Waals surface area contributed by atoms with E-state index in [4.69, 9.17) is 9.72 Å². The topological polar surface area (TPSA) is 86.4 Å². The Bertz CT molecular complexity index is 1140. The number of aromatic amines is 1. The molecule has 1 unspecified atom stereocenters. The number of nitrogens with zero attached hydrogens (tertiary/aromatic N) is 4. The van der Waals surface area contributed by atoms with Crippen molar-refractivity contribution in [1.29, 1.82) is 0 Å². The summed E-state index contributed by atoms with van der Waals surface area (Å²) in [5.74, 6) is 0.647. The lowest BCUT2D eigenvalue weighted by Crippen LogP contribution is -2.47. The Morgan fingerprint density at radius 1 is 1.18 bits per heavy atom. The van der Waals surface area contributed by atoms with Crippen molar-refractivity contribution in [3.05, 3.63) is 36.7 Å². The molecule has 3 aromatic rings. The maximum absolute atomic E-state index is 13.3. The fourth-order valence-electron chi connectivity index (χ4n) is 4.77. The van der Waals surface area contributed by atoms with E-state index in [9.17, 15) is 9.18 Å². The smallest absolute Gasteiger partial charge is 0.243 e. The summed E-state index contributed by atoms with van der Waals surface area (Å²) >= 11 is 0. The number of H-pyrrole nitrogens is 1. The van der Waals surface area contributed by atoms with E-state index in [1.165, 1.54) is 0 Å². The number of alkyl halides is 1. The SMILES string of the molecule is CC(F)CN1CCN(c2ccc(-c3cc4[nH]cnc4c(O[C@H](C)[C@H]4CNC(=O)C4)n3)cc2)CC1. The van der Waals surface area contributed by atoms with Gasteiger partial charge in [0.15, 0.2) is 5.52 Å². The monoisotopic (exact) mass is 466 g/mol. The van der Waals surface area contributed by atoms with Crippen LogP contribution in [0, 0.1) is 5.92 Å². The van der Waals surface area contributed by atoms with E-state index in [0.717, 1.165) is 48.6 Å². The Labute approximate surface area is 198 Å². The van der Waals surface area contributed by atoms with Gasteiger partial charge in [-0.15, -0.1) is 0 Å². The molecule has 0 radical (unpaired) electrons. The number of carbonyl (C=O) groups excluding carboxylic acids is 1. The second-order valence-electron chi connectivity index (χ2n) is 9.32. The van der Waals surface area contributed by atoms with Gasteiger partial charge in [-0.25, -0.2) is 14.4 Å². The number of amides is 1. The molecule has 2 aliphatic rings. The number of nitrogens with one attached hydrogen (secondary N) is 2. The van der Waals surface area contributed by atoms with E-state index < -0.39 is 6.17 Å². The van der Waals surface area contributed by atoms with E-state index in [2.05, 4.69) is 49.4 Å². The van der Waals surface area contributed by atoms with Crippen LogP contribution < -0.4 is 15.0 Å². The number of carbonyl (C=O) groups is 1. The molecule has 0 saturated carbocycles. The summed E-state index contributed by atoms with van der Waals surface area (Å²) in [7, 11) is 0. The zero-order valence-corrected chi connectivity index (χ0v) is 19.6. The van der Waals surface area contributed by atoms with Crippen molar-refractivity contribution in [2.75, 3.05) is 44.2 Å². The third kappa shape index (κ3) is 4.84. The Kier molecular flexibility index (Phi) is 6.36. The summed E-state index contributed by atoms with van der Waals surface area (Å²) in [5.41, 5.74) is 4.48. The van der Waals surface area contributed by atoms with Gasteiger partial charge >= 0.3 is 0 Å². The van der Waals surface area contributed by atoms with Gasteiger partial charge in [0.05, 0.1) is 17.5 Å². The lowest BCUT2D eigenvalue weighted by Gasteiger charge is -2.36. The summed E-state index contributed by atoms with van der Waals surface area (Å²) in [6.45, 7) is 8.23. The molecule has 9 heteroatoms. The predicted molar refractivity (Wildman–Crippen MR) is 130 cm³/mol. The third-order valence-electron chi connectivity index (χ3n) is 6.76. The van der Waals surface area contributed by atoms with Crippen LogP contribution in [0.4, 0.5) is 10.1 Å². The zero-order chi connectivity index (χ0) is 23.7. The number of rotatable bonds is 7. The second kappa shape index (κ2) is 9.58. The van der Waals surface area contributed by atoms with Crippen LogP contribution >= 0.6 is 0 Å². The van der Waals surface area contributed by atoms with Crippen molar-refractivity contribution in [3.63, 3.8) is 0 Å². The minimum atomic E-state index is -0.792. The van der Waals surface area contributed by atoms with Gasteiger partial charge in [-0.2, -0.15) is 0 Å². The molecule has 180 valence electrons. The largest absolute Gasteiger partial charge is 0.473 e. The average molecular weight is 467 g/mol. The Morgan fingerprint density at radius 2 is 1.94 bits per heavy atom. The standard InChI is InChI=1S/C25H31FN6O2/c1-16(26)14-31-7-9-32(10-8-31)20-5-3-18(4-6-20)21-12-22-24(29-15-28-22)25(30-21)34-17(2)19-11-23(33)27-13-19/h3-6,12,15-17,19H,7-11,13-14H2,1-2H3,(H,27,33)(H,28,29)/t16?,17-,19-/m1/s1. The molecule has 2 N–H and O–H groups in total. The van der Waals surface area contributed by atoms with Crippen LogP contribution in [0.15, 0.2) is 36.7 Å². The molecule has 2 aliphatic heterocycles. The number of aromatic nitrogens is 3. The lowest BCUT2D eigenvalue weighted by atomic mass is 10.0. The first-order valence-electron chi connectivity index (χ1n) is 12.0. The van der Waals surface area contributed by atoms with Crippen LogP contribution in [0.5, 0.6) is 5.88 Å². The Balaban J connectivity index is 1.32. The molecule has 3 atom stereocenters. The minimum Gasteiger partial charge on any atom is -0.473 e. The highest BCUT2D eigenvalue weighted by atomic mass is 19.1. The molecule has 8 nitrogen and oxygen atoms in total. The first-order chi connectivity index (χ1) is 16.5. The van der Waals surface area contributed by atoms with Gasteiger partial charge in [-0.05, 0) is 32.0 Å². The molecule has 2 aromatic heterocycles. The minimum absolute atomic E-state index is 0.0607. The zero-order valence-electron chi connectivity index (χ0n) is 19.6. The highest BCUT2D eigenvalue weighted by Crippen LogP contribution is 2.30. The number of pyridine rings is 1. The van der Waals surface area contributed by atoms with Crippen molar-refractivity contribution in [2.24, 2.45) is 5.92 Å². The first kappa shape index (κ1) is 22.6. The van der Waals surface area contributed by atoms with Gasteiger partial charge in [0.2, 0.25) is 11.8 Å². The summed E-state index contributed by atoms with van der Waals surface area (Å²) in [6.07, 6.45) is 1.15. The van der Waals surface area contributed by atoms with Gasteiger partial charge in [0.1, 0.15) is 12.3 Å². The predicted octanol–water partition coefficient (Wildman–Crippen LogP) is 3.01. The fraction of sp³-hybridized carbons (Fsp3) is 0.480. The summed E-state index contributed by atoms with van der Waals surface area (Å²) in [4.78, 5) is 28.5. The van der Waals surface area contributed by atoms with E-state index in [-0.39, 0.29) is 17.9 Å². The van der Waals surface area contributed by atoms with Crippen molar-refractivity contribution >= 4 is 22.6 Å². The fourth-order valence-corrected chi connectivity index (χ4v) is 4.77. The molecule has 0 spiro atoms. The average Bonchev–Trinajstić information content (AvgIpc) is 3.48. The Morgan fingerprint density at radius 3 is 2.62 bits per heavy atom. The maximum atomic E-state index is 13.3. The number of fused-ring (bicyclic) bond motifs is 1. The van der Waals surface area contributed by atoms with Crippen molar-refractivity contribution in [3.8, 4) is 17.1 Å². The summed E-state index contributed by atoms with van der Waals surface area (Å²) < 4.78 is 19.5. The molecule has 2 fully saturated rings. The van der Waals surface area contributed by atoms with Crippen molar-refractivity contribution in [1.82, 2.24) is 25.2 Å². The number of hydrogen-bond donors (Lipinski definition) is 2. The van der Waals surface area contributed by atoms with E-state index in [1.807, 2.05) is 13.0 Å². The lowest BCUT2D eigenvalue weighted by molar-refractivity contribution is -0.119. The molecule has 5 rings (SSSR count). The second-order valence-corrected chi connectivity index (χ2v) is 9.32. The van der Waals surface area contributed by atoms with Gasteiger partial charge in [-0.3, -0.25) is 9.69 Å². The molecule has 0 aliphatic carbocycles. The number of piperazine rings is 1. The van der Waals surface area contributed by atoms with Crippen LogP contribution in [-0.2, 0) is 4.79 Å². The molecular formula is C25H31FN6O2. The number of anilines is 1. The maximum Gasteiger partial charge on any atom is 0.243 e. The van der Waals surface area contributed by atoms with Gasteiger partial charge in [0, 0.05) is 62.9 Å². The summed E-state index contributed by atoms with van der Waals surface area (Å²) in [6, 6.07) is 10.3. The summed E-state index contributed by atoms with van der Waals surface area (Å²) in [5, 5.41) is 2.86. The number of benzene rings is 1. The van der Waals surface area contributed by atoms with Crippen LogP contribution in [-0.4, -0.2) is 77.3 Å².